The number of hydrogen-bond acceptors (Lipinski definition) is 4. The largest absolute Gasteiger partial charge is 0.373 e. The third-order valence-corrected chi connectivity index (χ3v) is 3.55. The van der Waals surface area contributed by atoms with Crippen LogP contribution in [0, 0.1) is 11.3 Å². The zero-order valence-electron chi connectivity index (χ0n) is 11.6. The molecule has 0 bridgehead atoms. The van der Waals surface area contributed by atoms with Gasteiger partial charge in [0.15, 0.2) is 0 Å². The van der Waals surface area contributed by atoms with Gasteiger partial charge in [-0.05, 0) is 31.5 Å². The number of anilines is 1. The molecule has 1 saturated heterocycles. The number of amides is 2. The quantitative estimate of drug-likeness (QED) is 0.849. The molecule has 0 radical (unpaired) electrons. The van der Waals surface area contributed by atoms with Gasteiger partial charge in [-0.25, -0.2) is 0 Å². The maximum Gasteiger partial charge on any atom is 0.252 e. The Bertz CT molecular complexity index is 577. The molecular formula is C15H17N3O2. The molecule has 20 heavy (non-hydrogen) atoms. The highest BCUT2D eigenvalue weighted by atomic mass is 16.2. The van der Waals surface area contributed by atoms with Crippen LogP contribution in [0.1, 0.15) is 32.3 Å². The molecule has 2 atom stereocenters. The zero-order valence-corrected chi connectivity index (χ0v) is 11.6. The lowest BCUT2D eigenvalue weighted by molar-refractivity contribution is -0.140. The number of nitrogens with zero attached hydrogens (tertiary/aromatic N) is 2. The lowest BCUT2D eigenvalue weighted by Gasteiger charge is -2.21. The molecule has 2 amide bonds. The van der Waals surface area contributed by atoms with Crippen molar-refractivity contribution in [3.63, 3.8) is 0 Å². The fraction of sp³-hybridized carbons (Fsp3) is 0.400. The van der Waals surface area contributed by atoms with Gasteiger partial charge >= 0.3 is 0 Å². The van der Waals surface area contributed by atoms with E-state index in [-0.39, 0.29) is 24.3 Å². The number of carbonyl (C=O) groups is 2. The minimum atomic E-state index is -0.537. The molecule has 1 fully saturated rings. The molecule has 1 heterocycles. The molecule has 5 heteroatoms. The molecule has 1 aromatic carbocycles. The van der Waals surface area contributed by atoms with Crippen LogP contribution in [-0.4, -0.2) is 28.8 Å². The van der Waals surface area contributed by atoms with Crippen molar-refractivity contribution in [1.29, 1.82) is 5.26 Å². The second kappa shape index (κ2) is 5.74. The third-order valence-electron chi connectivity index (χ3n) is 3.55. The van der Waals surface area contributed by atoms with Crippen LogP contribution >= 0.6 is 0 Å². The van der Waals surface area contributed by atoms with Gasteiger partial charge in [0.05, 0.1) is 18.1 Å². The van der Waals surface area contributed by atoms with E-state index in [0.717, 1.165) is 6.42 Å². The minimum Gasteiger partial charge on any atom is -0.373 e. The summed E-state index contributed by atoms with van der Waals surface area (Å²) in [4.78, 5) is 25.5. The molecule has 0 aromatic heterocycles. The van der Waals surface area contributed by atoms with E-state index in [1.807, 2.05) is 19.9 Å². The lowest BCUT2D eigenvalue weighted by atomic mass is 10.2. The maximum absolute atomic E-state index is 12.3. The molecule has 0 aliphatic carbocycles. The van der Waals surface area contributed by atoms with E-state index < -0.39 is 6.04 Å². The predicted octanol–water partition coefficient (Wildman–Crippen LogP) is 1.90. The fourth-order valence-electron chi connectivity index (χ4n) is 2.29. The highest BCUT2D eigenvalue weighted by Crippen LogP contribution is 2.21. The molecule has 0 saturated carbocycles. The van der Waals surface area contributed by atoms with Crippen molar-refractivity contribution >= 4 is 17.5 Å². The Kier molecular flexibility index (Phi) is 4.04. The summed E-state index contributed by atoms with van der Waals surface area (Å²) in [6.45, 7) is 3.82. The molecule has 1 aliphatic heterocycles. The second-order valence-corrected chi connectivity index (χ2v) is 4.95. The van der Waals surface area contributed by atoms with Gasteiger partial charge in [-0.2, -0.15) is 5.26 Å². The first kappa shape index (κ1) is 14.1. The Morgan fingerprint density at radius 3 is 2.90 bits per heavy atom. The number of rotatable bonds is 4. The monoisotopic (exact) mass is 271 g/mol. The first-order chi connectivity index (χ1) is 9.56. The van der Waals surface area contributed by atoms with Gasteiger partial charge < -0.3 is 5.32 Å². The predicted molar refractivity (Wildman–Crippen MR) is 74.8 cm³/mol. The van der Waals surface area contributed by atoms with Crippen LogP contribution in [0.4, 0.5) is 5.69 Å². The molecule has 0 spiro atoms. The number of hydrogen-bond donors (Lipinski definition) is 1. The second-order valence-electron chi connectivity index (χ2n) is 4.95. The van der Waals surface area contributed by atoms with Crippen LogP contribution in [0.2, 0.25) is 0 Å². The first-order valence-corrected chi connectivity index (χ1v) is 6.69. The number of nitriles is 1. The number of imide groups is 1. The molecule has 2 rings (SSSR count). The molecular weight excluding hydrogens is 254 g/mol. The number of likely N-dealkylation sites (tertiary alicyclic amines) is 1. The number of nitrogens with one attached hydrogen (secondary N) is 1. The van der Waals surface area contributed by atoms with Gasteiger partial charge in [0.1, 0.15) is 6.04 Å². The molecule has 1 N–H and O–H groups in total. The molecule has 1 aliphatic rings. The smallest absolute Gasteiger partial charge is 0.252 e. The summed E-state index contributed by atoms with van der Waals surface area (Å²) in [5.41, 5.74) is 1.20. The summed E-state index contributed by atoms with van der Waals surface area (Å²) < 4.78 is 0. The fourth-order valence-corrected chi connectivity index (χ4v) is 2.29. The Morgan fingerprint density at radius 2 is 2.25 bits per heavy atom. The van der Waals surface area contributed by atoms with E-state index in [1.165, 1.54) is 4.90 Å². The van der Waals surface area contributed by atoms with Gasteiger partial charge in [0.25, 0.3) is 5.91 Å². The Morgan fingerprint density at radius 1 is 1.50 bits per heavy atom. The van der Waals surface area contributed by atoms with E-state index in [2.05, 4.69) is 5.32 Å². The highest BCUT2D eigenvalue weighted by molar-refractivity contribution is 6.07. The van der Waals surface area contributed by atoms with Crippen molar-refractivity contribution in [1.82, 2.24) is 4.90 Å². The van der Waals surface area contributed by atoms with E-state index >= 15 is 0 Å². The summed E-state index contributed by atoms with van der Waals surface area (Å²) in [6, 6.07) is 8.32. The van der Waals surface area contributed by atoms with Crippen molar-refractivity contribution in [2.45, 2.75) is 38.8 Å². The van der Waals surface area contributed by atoms with E-state index in [1.54, 1.807) is 24.3 Å². The Balaban J connectivity index is 2.13. The SMILES string of the molecule is CCC(C)N1C(=O)CC(Nc2cccc(C#N)c2)C1=O. The molecule has 2 unspecified atom stereocenters. The van der Waals surface area contributed by atoms with Crippen LogP contribution in [0.5, 0.6) is 0 Å². The molecule has 104 valence electrons. The summed E-state index contributed by atoms with van der Waals surface area (Å²) in [5, 5.41) is 11.9. The third kappa shape index (κ3) is 2.64. The van der Waals surface area contributed by atoms with Crippen LogP contribution in [-0.2, 0) is 9.59 Å². The average Bonchev–Trinajstić information content (AvgIpc) is 2.73. The van der Waals surface area contributed by atoms with E-state index in [9.17, 15) is 9.59 Å². The van der Waals surface area contributed by atoms with Gasteiger partial charge in [0.2, 0.25) is 5.91 Å². The topological polar surface area (TPSA) is 73.2 Å². The Labute approximate surface area is 118 Å². The van der Waals surface area contributed by atoms with Crippen LogP contribution < -0.4 is 5.32 Å². The number of carbonyl (C=O) groups excluding carboxylic acids is 2. The van der Waals surface area contributed by atoms with Gasteiger partial charge in [0, 0.05) is 11.7 Å². The minimum absolute atomic E-state index is 0.0766. The van der Waals surface area contributed by atoms with Crippen molar-refractivity contribution in [3.05, 3.63) is 29.8 Å². The molecule has 5 nitrogen and oxygen atoms in total. The summed E-state index contributed by atoms with van der Waals surface area (Å²) >= 11 is 0. The highest BCUT2D eigenvalue weighted by Gasteiger charge is 2.40. The first-order valence-electron chi connectivity index (χ1n) is 6.69. The van der Waals surface area contributed by atoms with Crippen LogP contribution in [0.25, 0.3) is 0 Å². The Hall–Kier alpha value is -2.35. The van der Waals surface area contributed by atoms with Gasteiger partial charge in [-0.3, -0.25) is 14.5 Å². The standard InChI is InChI=1S/C15H17N3O2/c1-3-10(2)18-14(19)8-13(15(18)20)17-12-6-4-5-11(7-12)9-16/h4-7,10,13,17H,3,8H2,1-2H3. The molecule has 1 aromatic rings. The normalized spacial score (nSPS) is 19.9. The van der Waals surface area contributed by atoms with Gasteiger partial charge in [-0.15, -0.1) is 0 Å². The van der Waals surface area contributed by atoms with Crippen molar-refractivity contribution in [2.75, 3.05) is 5.32 Å². The summed E-state index contributed by atoms with van der Waals surface area (Å²) in [5.74, 6) is -0.329. The van der Waals surface area contributed by atoms with Crippen LogP contribution in [0.15, 0.2) is 24.3 Å². The van der Waals surface area contributed by atoms with Crippen molar-refractivity contribution in [2.24, 2.45) is 0 Å². The summed E-state index contributed by atoms with van der Waals surface area (Å²) in [7, 11) is 0. The zero-order chi connectivity index (χ0) is 14.7. The van der Waals surface area contributed by atoms with E-state index in [0.29, 0.717) is 11.3 Å². The van der Waals surface area contributed by atoms with Crippen molar-refractivity contribution < 1.29 is 9.59 Å². The van der Waals surface area contributed by atoms with Crippen LogP contribution in [0.3, 0.4) is 0 Å². The van der Waals surface area contributed by atoms with E-state index in [4.69, 9.17) is 5.26 Å². The lowest BCUT2D eigenvalue weighted by Crippen LogP contribution is -2.40. The summed E-state index contributed by atoms with van der Waals surface area (Å²) in [6.07, 6.45) is 0.911. The number of benzene rings is 1. The maximum atomic E-state index is 12.3. The average molecular weight is 271 g/mol. The van der Waals surface area contributed by atoms with Gasteiger partial charge in [-0.1, -0.05) is 13.0 Å². The van der Waals surface area contributed by atoms with Crippen molar-refractivity contribution in [3.8, 4) is 6.07 Å².